The van der Waals surface area contributed by atoms with E-state index in [2.05, 4.69) is 4.74 Å². The molecule has 1 unspecified atom stereocenters. The lowest BCUT2D eigenvalue weighted by molar-refractivity contribution is -0.229. The van der Waals surface area contributed by atoms with E-state index in [9.17, 15) is 13.2 Å². The van der Waals surface area contributed by atoms with Crippen molar-refractivity contribution in [1.82, 2.24) is 0 Å². The van der Waals surface area contributed by atoms with Gasteiger partial charge in [0.1, 0.15) is 0 Å². The van der Waals surface area contributed by atoms with Crippen LogP contribution in [0.15, 0.2) is 0 Å². The Labute approximate surface area is 57.2 Å². The molecule has 0 amide bonds. The van der Waals surface area contributed by atoms with E-state index in [1.54, 1.807) is 0 Å². The summed E-state index contributed by atoms with van der Waals surface area (Å²) in [6.45, 7) is 0.254. The second-order valence-electron chi connectivity index (χ2n) is 2.40. The molecule has 0 radical (unpaired) electrons. The number of ether oxygens (including phenoxy) is 1. The fraction of sp³-hybridized carbons (Fsp3) is 1.00. The summed E-state index contributed by atoms with van der Waals surface area (Å²) >= 11 is 0. The maximum Gasteiger partial charge on any atom is 0.414 e. The van der Waals surface area contributed by atoms with Gasteiger partial charge in [0.25, 0.3) is 0 Å². The molecule has 0 spiro atoms. The normalized spacial score (nSPS) is 28.5. The molecule has 1 rings (SSSR count). The molecular formula is C6H9F3O. The van der Waals surface area contributed by atoms with Crippen LogP contribution in [0.5, 0.6) is 0 Å². The van der Waals surface area contributed by atoms with Gasteiger partial charge in [-0.1, -0.05) is 0 Å². The van der Waals surface area contributed by atoms with Crippen LogP contribution in [0, 0.1) is 0 Å². The lowest BCUT2D eigenvalue weighted by Crippen LogP contribution is -2.34. The van der Waals surface area contributed by atoms with Crippen molar-refractivity contribution in [2.24, 2.45) is 0 Å². The molecule has 0 aromatic rings. The number of alkyl halides is 3. The van der Waals surface area contributed by atoms with E-state index in [4.69, 9.17) is 0 Å². The van der Waals surface area contributed by atoms with Crippen molar-refractivity contribution in [2.45, 2.75) is 31.5 Å². The van der Waals surface area contributed by atoms with Crippen LogP contribution in [0.3, 0.4) is 0 Å². The van der Waals surface area contributed by atoms with Crippen molar-refractivity contribution < 1.29 is 17.9 Å². The molecule has 10 heavy (non-hydrogen) atoms. The Balaban J connectivity index is 2.39. The molecule has 1 aliphatic rings. The van der Waals surface area contributed by atoms with E-state index in [1.807, 2.05) is 0 Å². The van der Waals surface area contributed by atoms with E-state index in [0.29, 0.717) is 6.42 Å². The summed E-state index contributed by atoms with van der Waals surface area (Å²) in [5, 5.41) is 0. The van der Waals surface area contributed by atoms with Crippen LogP contribution in [0.4, 0.5) is 13.2 Å². The third-order valence-electron chi connectivity index (χ3n) is 1.54. The molecule has 60 valence electrons. The molecule has 0 aromatic heterocycles. The van der Waals surface area contributed by atoms with Crippen molar-refractivity contribution in [3.8, 4) is 0 Å². The van der Waals surface area contributed by atoms with E-state index in [1.165, 1.54) is 0 Å². The highest BCUT2D eigenvalue weighted by Crippen LogP contribution is 2.29. The molecule has 1 saturated heterocycles. The summed E-state index contributed by atoms with van der Waals surface area (Å²) in [5.74, 6) is 0. The van der Waals surface area contributed by atoms with E-state index < -0.39 is 12.3 Å². The Morgan fingerprint density at radius 2 is 1.90 bits per heavy atom. The molecule has 0 saturated carbocycles. The molecular weight excluding hydrogens is 145 g/mol. The number of rotatable bonds is 0. The predicted molar refractivity (Wildman–Crippen MR) is 29.6 cm³/mol. The molecule has 1 fully saturated rings. The zero-order valence-electron chi connectivity index (χ0n) is 5.45. The number of hydrogen-bond donors (Lipinski definition) is 0. The van der Waals surface area contributed by atoms with Crippen molar-refractivity contribution in [1.29, 1.82) is 0 Å². The van der Waals surface area contributed by atoms with Crippen LogP contribution >= 0.6 is 0 Å². The Morgan fingerprint density at radius 1 is 1.20 bits per heavy atom. The Hall–Kier alpha value is -0.250. The van der Waals surface area contributed by atoms with Gasteiger partial charge in [0.15, 0.2) is 6.10 Å². The standard InChI is InChI=1S/C6H9F3O/c7-6(8,9)5-3-1-2-4-10-5/h5H,1-4H2. The Kier molecular flexibility index (Phi) is 2.18. The van der Waals surface area contributed by atoms with Crippen LogP contribution in [0.1, 0.15) is 19.3 Å². The molecule has 0 aliphatic carbocycles. The monoisotopic (exact) mass is 154 g/mol. The van der Waals surface area contributed by atoms with Gasteiger partial charge < -0.3 is 4.74 Å². The van der Waals surface area contributed by atoms with Gasteiger partial charge in [-0.05, 0) is 19.3 Å². The average Bonchev–Trinajstić information content (AvgIpc) is 1.88. The first-order valence-electron chi connectivity index (χ1n) is 3.29. The zero-order chi connectivity index (χ0) is 7.61. The van der Waals surface area contributed by atoms with Gasteiger partial charge in [-0.25, -0.2) is 0 Å². The average molecular weight is 154 g/mol. The molecule has 4 heteroatoms. The SMILES string of the molecule is FC(F)(F)C1CCCCO1. The molecule has 1 atom stereocenters. The lowest BCUT2D eigenvalue weighted by Gasteiger charge is -2.24. The molecule has 0 bridgehead atoms. The second kappa shape index (κ2) is 2.78. The number of halogens is 3. The smallest absolute Gasteiger partial charge is 0.369 e. The van der Waals surface area contributed by atoms with Crippen LogP contribution in [0.2, 0.25) is 0 Å². The maximum absolute atomic E-state index is 11.8. The van der Waals surface area contributed by atoms with Crippen LogP contribution < -0.4 is 0 Å². The number of hydrogen-bond acceptors (Lipinski definition) is 1. The maximum atomic E-state index is 11.8. The highest BCUT2D eigenvalue weighted by atomic mass is 19.4. The van der Waals surface area contributed by atoms with Crippen LogP contribution in [-0.2, 0) is 4.74 Å². The summed E-state index contributed by atoms with van der Waals surface area (Å²) in [7, 11) is 0. The van der Waals surface area contributed by atoms with Gasteiger partial charge in [0, 0.05) is 6.61 Å². The molecule has 0 aromatic carbocycles. The van der Waals surface area contributed by atoms with E-state index >= 15 is 0 Å². The molecule has 1 heterocycles. The summed E-state index contributed by atoms with van der Waals surface area (Å²) < 4.78 is 40.0. The van der Waals surface area contributed by atoms with Crippen molar-refractivity contribution in [2.75, 3.05) is 6.61 Å². The van der Waals surface area contributed by atoms with Gasteiger partial charge in [0.2, 0.25) is 0 Å². The zero-order valence-corrected chi connectivity index (χ0v) is 5.45. The third-order valence-corrected chi connectivity index (χ3v) is 1.54. The van der Waals surface area contributed by atoms with Gasteiger partial charge in [-0.15, -0.1) is 0 Å². The fourth-order valence-electron chi connectivity index (χ4n) is 0.999. The molecule has 0 N–H and O–H groups in total. The first-order chi connectivity index (χ1) is 4.61. The minimum Gasteiger partial charge on any atom is -0.369 e. The summed E-state index contributed by atoms with van der Waals surface area (Å²) in [4.78, 5) is 0. The molecule has 1 aliphatic heterocycles. The fourth-order valence-corrected chi connectivity index (χ4v) is 0.999. The van der Waals surface area contributed by atoms with Crippen LogP contribution in [0.25, 0.3) is 0 Å². The minimum absolute atomic E-state index is 0.128. The Morgan fingerprint density at radius 3 is 2.20 bits per heavy atom. The van der Waals surface area contributed by atoms with Crippen molar-refractivity contribution >= 4 is 0 Å². The van der Waals surface area contributed by atoms with E-state index in [-0.39, 0.29) is 13.0 Å². The van der Waals surface area contributed by atoms with Gasteiger partial charge in [-0.2, -0.15) is 13.2 Å². The van der Waals surface area contributed by atoms with Gasteiger partial charge in [-0.3, -0.25) is 0 Å². The van der Waals surface area contributed by atoms with Crippen molar-refractivity contribution in [3.05, 3.63) is 0 Å². The highest BCUT2D eigenvalue weighted by Gasteiger charge is 2.41. The minimum atomic E-state index is -4.15. The summed E-state index contributed by atoms with van der Waals surface area (Å²) in [6, 6.07) is 0. The van der Waals surface area contributed by atoms with E-state index in [0.717, 1.165) is 6.42 Å². The van der Waals surface area contributed by atoms with Crippen LogP contribution in [-0.4, -0.2) is 18.9 Å². The van der Waals surface area contributed by atoms with Gasteiger partial charge >= 0.3 is 6.18 Å². The Bertz CT molecular complexity index is 104. The highest BCUT2D eigenvalue weighted by molar-refractivity contribution is 4.70. The quantitative estimate of drug-likeness (QED) is 0.519. The first-order valence-corrected chi connectivity index (χ1v) is 3.29. The predicted octanol–water partition coefficient (Wildman–Crippen LogP) is 2.12. The summed E-state index contributed by atoms with van der Waals surface area (Å²) in [5.41, 5.74) is 0. The lowest BCUT2D eigenvalue weighted by atomic mass is 10.1. The van der Waals surface area contributed by atoms with Crippen molar-refractivity contribution in [3.63, 3.8) is 0 Å². The third kappa shape index (κ3) is 1.87. The molecule has 1 nitrogen and oxygen atoms in total. The first kappa shape index (κ1) is 7.85. The largest absolute Gasteiger partial charge is 0.414 e. The topological polar surface area (TPSA) is 9.23 Å². The summed E-state index contributed by atoms with van der Waals surface area (Å²) in [6.07, 6.45) is -4.14. The second-order valence-corrected chi connectivity index (χ2v) is 2.40. The van der Waals surface area contributed by atoms with Gasteiger partial charge in [0.05, 0.1) is 0 Å².